The molecule has 0 aliphatic heterocycles. The highest BCUT2D eigenvalue weighted by atomic mass is 16.5. The number of hydrogen-bond acceptors (Lipinski definition) is 4. The van der Waals surface area contributed by atoms with Crippen LogP contribution < -0.4 is 21.3 Å². The number of nitrogens with one attached hydrogen (secondary N) is 1. The van der Waals surface area contributed by atoms with E-state index in [4.69, 9.17) is 10.5 Å². The molecule has 0 saturated heterocycles. The topological polar surface area (TPSA) is 124 Å². The van der Waals surface area contributed by atoms with Crippen LogP contribution in [0.15, 0.2) is 23.0 Å². The fourth-order valence-electron chi connectivity index (χ4n) is 3.89. The zero-order valence-electron chi connectivity index (χ0n) is 20.7. The van der Waals surface area contributed by atoms with E-state index in [2.05, 4.69) is 5.32 Å². The lowest BCUT2D eigenvalue weighted by Gasteiger charge is -2.35. The molecule has 182 valence electrons. The molecule has 8 nitrogen and oxygen atoms in total. The van der Waals surface area contributed by atoms with E-state index < -0.39 is 23.5 Å². The normalized spacial score (nSPS) is 13.1. The van der Waals surface area contributed by atoms with Crippen molar-refractivity contribution < 1.29 is 19.4 Å². The zero-order chi connectivity index (χ0) is 25.1. The second kappa shape index (κ2) is 9.85. The third kappa shape index (κ3) is 6.06. The highest BCUT2D eigenvalue weighted by Crippen LogP contribution is 2.42. The van der Waals surface area contributed by atoms with Crippen LogP contribution in [0.3, 0.4) is 0 Å². The van der Waals surface area contributed by atoms with Crippen molar-refractivity contribution in [2.24, 2.45) is 16.6 Å². The van der Waals surface area contributed by atoms with Crippen molar-refractivity contribution in [3.05, 3.63) is 39.8 Å². The van der Waals surface area contributed by atoms with Crippen LogP contribution in [0, 0.1) is 10.8 Å². The summed E-state index contributed by atoms with van der Waals surface area (Å²) in [5.41, 5.74) is 5.03. The molecule has 0 bridgehead atoms. The summed E-state index contributed by atoms with van der Waals surface area (Å²) >= 11 is 0. The molecule has 0 radical (unpaired) electrons. The van der Waals surface area contributed by atoms with Gasteiger partial charge in [0.05, 0.1) is 29.3 Å². The maximum atomic E-state index is 13.8. The first kappa shape index (κ1) is 26.2. The van der Waals surface area contributed by atoms with Gasteiger partial charge in [-0.05, 0) is 29.4 Å². The number of fused-ring (bicyclic) bond motifs is 1. The predicted octanol–water partition coefficient (Wildman–Crippen LogP) is 4.68. The van der Waals surface area contributed by atoms with Crippen molar-refractivity contribution in [3.63, 3.8) is 0 Å². The van der Waals surface area contributed by atoms with Crippen LogP contribution in [-0.2, 0) is 6.54 Å². The largest absolute Gasteiger partial charge is 0.491 e. The number of ether oxygens (including phenoxy) is 1. The molecule has 0 spiro atoms. The molecule has 1 aromatic carbocycles. The number of benzene rings is 1. The van der Waals surface area contributed by atoms with Gasteiger partial charge < -0.3 is 25.5 Å². The first-order chi connectivity index (χ1) is 15.2. The molecular weight excluding hydrogens is 422 g/mol. The molecule has 1 atom stereocenters. The average Bonchev–Trinajstić information content (AvgIpc) is 2.67. The van der Waals surface area contributed by atoms with Crippen molar-refractivity contribution in [2.45, 2.75) is 73.9 Å². The second-order valence-electron chi connectivity index (χ2n) is 10.7. The summed E-state index contributed by atoms with van der Waals surface area (Å²) in [5.74, 6) is -0.358. The van der Waals surface area contributed by atoms with Crippen molar-refractivity contribution in [1.82, 2.24) is 9.88 Å². The monoisotopic (exact) mass is 459 g/mol. The van der Waals surface area contributed by atoms with E-state index in [9.17, 15) is 19.5 Å². The zero-order valence-corrected chi connectivity index (χ0v) is 20.7. The first-order valence-electron chi connectivity index (χ1n) is 11.3. The Morgan fingerprint density at radius 1 is 1.18 bits per heavy atom. The van der Waals surface area contributed by atoms with Crippen molar-refractivity contribution >= 4 is 22.8 Å². The Kier molecular flexibility index (Phi) is 7.83. The maximum absolute atomic E-state index is 13.8. The quantitative estimate of drug-likeness (QED) is 0.495. The van der Waals surface area contributed by atoms with Gasteiger partial charge in [-0.2, -0.15) is 0 Å². The minimum Gasteiger partial charge on any atom is -0.491 e. The molecule has 1 heterocycles. The highest BCUT2D eigenvalue weighted by Gasteiger charge is 2.36. The Labute approximate surface area is 195 Å². The average molecular weight is 460 g/mol. The molecule has 33 heavy (non-hydrogen) atoms. The van der Waals surface area contributed by atoms with Crippen LogP contribution in [-0.4, -0.2) is 28.3 Å². The van der Waals surface area contributed by atoms with Crippen molar-refractivity contribution in [3.8, 4) is 5.75 Å². The Morgan fingerprint density at radius 2 is 1.82 bits per heavy atom. The van der Waals surface area contributed by atoms with Gasteiger partial charge >= 0.3 is 6.09 Å². The predicted molar refractivity (Wildman–Crippen MR) is 130 cm³/mol. The van der Waals surface area contributed by atoms with E-state index in [1.165, 1.54) is 0 Å². The van der Waals surface area contributed by atoms with Crippen LogP contribution in [0.4, 0.5) is 4.79 Å². The van der Waals surface area contributed by atoms with Crippen LogP contribution in [0.1, 0.15) is 83.4 Å². The van der Waals surface area contributed by atoms with Crippen LogP contribution in [0.25, 0.3) is 10.8 Å². The van der Waals surface area contributed by atoms with Gasteiger partial charge in [-0.1, -0.05) is 61.0 Å². The van der Waals surface area contributed by atoms with Gasteiger partial charge in [0, 0.05) is 11.9 Å². The molecule has 0 fully saturated rings. The number of nitrogens with zero attached hydrogens (tertiary/aromatic N) is 1. The van der Waals surface area contributed by atoms with E-state index in [-0.39, 0.29) is 16.5 Å². The standard InChI is InChI=1S/C25H37N3O5/c1-8-9-13-33-19-17-15(21(26)29)11-10-12-16(17)22(30)28(14-24(2,3)4)18(19)20(25(5,6)7)27-23(31)32/h10-12,20,27H,8-9,13-14H2,1-7H3,(H2,26,29)(H,31,32). The number of rotatable bonds is 8. The number of carbonyl (C=O) groups excluding carboxylic acids is 1. The van der Waals surface area contributed by atoms with Crippen LogP contribution >= 0.6 is 0 Å². The molecule has 2 aromatic rings. The third-order valence-electron chi connectivity index (χ3n) is 5.34. The van der Waals surface area contributed by atoms with E-state index in [0.717, 1.165) is 12.8 Å². The molecule has 1 aromatic heterocycles. The number of hydrogen-bond donors (Lipinski definition) is 3. The van der Waals surface area contributed by atoms with E-state index in [1.54, 1.807) is 22.8 Å². The summed E-state index contributed by atoms with van der Waals surface area (Å²) in [4.78, 5) is 37.9. The Bertz CT molecular complexity index is 1090. The summed E-state index contributed by atoms with van der Waals surface area (Å²) in [6.45, 7) is 14.4. The molecular formula is C25H37N3O5. The third-order valence-corrected chi connectivity index (χ3v) is 5.34. The van der Waals surface area contributed by atoms with Gasteiger partial charge in [-0.15, -0.1) is 0 Å². The number of pyridine rings is 1. The lowest BCUT2D eigenvalue weighted by molar-refractivity contribution is 0.100. The summed E-state index contributed by atoms with van der Waals surface area (Å²) in [5, 5.41) is 12.9. The van der Waals surface area contributed by atoms with Gasteiger partial charge in [0.15, 0.2) is 0 Å². The Morgan fingerprint density at radius 3 is 2.30 bits per heavy atom. The molecule has 4 N–H and O–H groups in total. The summed E-state index contributed by atoms with van der Waals surface area (Å²) < 4.78 is 7.85. The molecule has 0 aliphatic rings. The smallest absolute Gasteiger partial charge is 0.405 e. The second-order valence-corrected chi connectivity index (χ2v) is 10.7. The first-order valence-corrected chi connectivity index (χ1v) is 11.3. The van der Waals surface area contributed by atoms with E-state index in [1.807, 2.05) is 48.5 Å². The van der Waals surface area contributed by atoms with E-state index in [0.29, 0.717) is 35.4 Å². The van der Waals surface area contributed by atoms with Gasteiger partial charge in [0.1, 0.15) is 5.75 Å². The molecule has 1 unspecified atom stereocenters. The lowest BCUT2D eigenvalue weighted by atomic mass is 9.82. The van der Waals surface area contributed by atoms with Gasteiger partial charge in [0.25, 0.3) is 5.56 Å². The number of unbranched alkanes of at least 4 members (excludes halogenated alkanes) is 1. The molecule has 0 saturated carbocycles. The fourth-order valence-corrected chi connectivity index (χ4v) is 3.89. The molecule has 8 heteroatoms. The van der Waals surface area contributed by atoms with Gasteiger partial charge in [-0.3, -0.25) is 9.59 Å². The van der Waals surface area contributed by atoms with Gasteiger partial charge in [0.2, 0.25) is 5.91 Å². The molecule has 2 amide bonds. The number of carboxylic acid groups (broad SMARTS) is 1. The summed E-state index contributed by atoms with van der Waals surface area (Å²) in [7, 11) is 0. The number of amides is 2. The minimum absolute atomic E-state index is 0.170. The van der Waals surface area contributed by atoms with Gasteiger partial charge in [-0.25, -0.2) is 4.79 Å². The summed E-state index contributed by atoms with van der Waals surface area (Å²) in [6, 6.07) is 4.05. The van der Waals surface area contributed by atoms with Crippen molar-refractivity contribution in [1.29, 1.82) is 0 Å². The fraction of sp³-hybridized carbons (Fsp3) is 0.560. The van der Waals surface area contributed by atoms with Crippen molar-refractivity contribution in [2.75, 3.05) is 6.61 Å². The number of nitrogens with two attached hydrogens (primary N) is 1. The van der Waals surface area contributed by atoms with Crippen LogP contribution in [0.2, 0.25) is 0 Å². The maximum Gasteiger partial charge on any atom is 0.405 e. The number of carbonyl (C=O) groups is 2. The summed E-state index contributed by atoms with van der Waals surface area (Å²) in [6.07, 6.45) is 0.422. The number of aromatic nitrogens is 1. The SMILES string of the molecule is CCCCOc1c(C(NC(=O)O)C(C)(C)C)n(CC(C)(C)C)c(=O)c2cccc(C(N)=O)c12. The molecule has 0 aliphatic carbocycles. The Balaban J connectivity index is 3.13. The minimum atomic E-state index is -1.22. The lowest BCUT2D eigenvalue weighted by Crippen LogP contribution is -2.41. The number of primary amides is 1. The highest BCUT2D eigenvalue weighted by molar-refractivity contribution is 6.08. The van der Waals surface area contributed by atoms with Crippen LogP contribution in [0.5, 0.6) is 5.75 Å². The van der Waals surface area contributed by atoms with E-state index >= 15 is 0 Å². The molecule has 2 rings (SSSR count). The Hall–Kier alpha value is -3.03.